The van der Waals surface area contributed by atoms with Crippen LogP contribution in [0.2, 0.25) is 0 Å². The molecule has 0 saturated heterocycles. The highest BCUT2D eigenvalue weighted by Gasteiger charge is 2.43. The molecular formula is C84H66BN3OS2. The SMILES string of the molecule is CC(C)(C)c1ccc(N2c3cc(-n4c5ccc(C(C)(C)C)cc5c5cc(C(C)(C)C)ccc54)ccc3B3c4ccc(-n5c6ccccc6c6ccccc65)cc4Sc4cc(-c5ccc6oc7ccc8sc9ccccc9c8c7c6c5)cc2c43)c(-c2ccccc2)c1. The third-order valence-corrected chi connectivity index (χ3v) is 22.1. The van der Waals surface area contributed by atoms with Gasteiger partial charge in [0.1, 0.15) is 11.2 Å². The number of hydrogen-bond donors (Lipinski definition) is 0. The highest BCUT2D eigenvalue weighted by molar-refractivity contribution is 8.00. The third-order valence-electron chi connectivity index (χ3n) is 19.8. The van der Waals surface area contributed by atoms with Crippen LogP contribution in [0.15, 0.2) is 251 Å². The first-order valence-corrected chi connectivity index (χ1v) is 33.6. The topological polar surface area (TPSA) is 26.2 Å². The summed E-state index contributed by atoms with van der Waals surface area (Å²) in [7, 11) is 0. The predicted molar refractivity (Wildman–Crippen MR) is 392 cm³/mol. The number of nitrogens with zero attached hydrogens (tertiary/aromatic N) is 3. The van der Waals surface area contributed by atoms with Crippen molar-refractivity contribution in [2.24, 2.45) is 0 Å². The van der Waals surface area contributed by atoms with Crippen molar-refractivity contribution in [1.29, 1.82) is 0 Å². The van der Waals surface area contributed by atoms with Crippen LogP contribution < -0.4 is 21.3 Å². The molecule has 0 N–H and O–H groups in total. The van der Waals surface area contributed by atoms with Crippen LogP contribution in [0.4, 0.5) is 17.1 Å². The van der Waals surface area contributed by atoms with E-state index in [9.17, 15) is 0 Å². The highest BCUT2D eigenvalue weighted by atomic mass is 32.2. The molecule has 12 aromatic carbocycles. The lowest BCUT2D eigenvalue weighted by Crippen LogP contribution is -2.59. The molecule has 0 spiro atoms. The Bertz CT molecular complexity index is 5650. The highest BCUT2D eigenvalue weighted by Crippen LogP contribution is 2.51. The maximum absolute atomic E-state index is 6.79. The van der Waals surface area contributed by atoms with E-state index in [4.69, 9.17) is 4.42 Å². The Hall–Kier alpha value is -9.53. The summed E-state index contributed by atoms with van der Waals surface area (Å²) in [6.07, 6.45) is 0. The number of anilines is 3. The molecule has 0 bridgehead atoms. The zero-order valence-electron chi connectivity index (χ0n) is 52.7. The standard InChI is InChI=1S/C84H66BN3OS2/c1-82(2,3)52-28-35-68(60(44-52)49-19-11-10-12-20-49)88-71-47-55(86-69-36-29-53(83(4,5)6)45-61(69)62-46-54(84(7,8)9)30-37-70(62)86)31-33-64(71)85-65-34-32-56(87-66-24-16-13-21-57(66)58-22-14-17-25-67(58)87)48-77(65)91-78-43-51(42-72(88)81(78)85)50-27-38-73-63(41-50)79-74(89-73)39-40-76-80(79)59-23-15-18-26-75(59)90-76/h10-48H,1-9H3. The molecule has 438 valence electrons. The fourth-order valence-electron chi connectivity index (χ4n) is 15.2. The summed E-state index contributed by atoms with van der Waals surface area (Å²) in [6, 6.07) is 90.4. The number of para-hydroxylation sites is 2. The molecule has 0 fully saturated rings. The summed E-state index contributed by atoms with van der Waals surface area (Å²) in [5.41, 5.74) is 24.8. The molecule has 0 saturated carbocycles. The molecule has 4 nitrogen and oxygen atoms in total. The molecule has 0 aliphatic carbocycles. The summed E-state index contributed by atoms with van der Waals surface area (Å²) in [5.74, 6) is 0. The average molecular weight is 1210 g/mol. The fourth-order valence-corrected chi connectivity index (χ4v) is 17.5. The zero-order chi connectivity index (χ0) is 61.6. The number of rotatable bonds is 5. The van der Waals surface area contributed by atoms with E-state index >= 15 is 0 Å². The van der Waals surface area contributed by atoms with Crippen molar-refractivity contribution in [1.82, 2.24) is 9.13 Å². The Morgan fingerprint density at radius 2 is 0.934 bits per heavy atom. The second kappa shape index (κ2) is 19.5. The van der Waals surface area contributed by atoms with Gasteiger partial charge in [-0.2, -0.15) is 0 Å². The number of fused-ring (bicyclic) bond motifs is 17. The molecule has 4 aromatic heterocycles. The first kappa shape index (κ1) is 54.4. The van der Waals surface area contributed by atoms with Crippen molar-refractivity contribution in [3.63, 3.8) is 0 Å². The first-order chi connectivity index (χ1) is 44.0. The van der Waals surface area contributed by atoms with Gasteiger partial charge >= 0.3 is 0 Å². The van der Waals surface area contributed by atoms with Crippen LogP contribution >= 0.6 is 23.1 Å². The van der Waals surface area contributed by atoms with Gasteiger partial charge in [0.05, 0.1) is 27.8 Å². The molecule has 0 unspecified atom stereocenters. The number of thiophene rings is 1. The van der Waals surface area contributed by atoms with Gasteiger partial charge in [0.15, 0.2) is 0 Å². The fraction of sp³-hybridized carbons (Fsp3) is 0.143. The Morgan fingerprint density at radius 1 is 0.352 bits per heavy atom. The van der Waals surface area contributed by atoms with E-state index < -0.39 is 0 Å². The van der Waals surface area contributed by atoms with E-state index in [0.29, 0.717) is 0 Å². The Kier molecular flexibility index (Phi) is 11.7. The zero-order valence-corrected chi connectivity index (χ0v) is 54.3. The average Bonchev–Trinajstić information content (AvgIpc) is 1.05. The molecule has 18 rings (SSSR count). The lowest BCUT2D eigenvalue weighted by atomic mass is 9.35. The van der Waals surface area contributed by atoms with Crippen LogP contribution in [0.1, 0.15) is 79.0 Å². The minimum atomic E-state index is -0.0926. The van der Waals surface area contributed by atoms with Crippen LogP contribution in [0.5, 0.6) is 0 Å². The van der Waals surface area contributed by atoms with E-state index in [0.717, 1.165) is 44.7 Å². The molecule has 2 aliphatic heterocycles. The van der Waals surface area contributed by atoms with Crippen molar-refractivity contribution in [2.45, 2.75) is 88.3 Å². The largest absolute Gasteiger partial charge is 0.456 e. The van der Waals surface area contributed by atoms with Crippen molar-refractivity contribution in [3.05, 3.63) is 253 Å². The Balaban J connectivity index is 0.936. The van der Waals surface area contributed by atoms with Crippen molar-refractivity contribution in [3.8, 4) is 33.6 Å². The minimum Gasteiger partial charge on any atom is -0.456 e. The van der Waals surface area contributed by atoms with Crippen molar-refractivity contribution >= 4 is 149 Å². The van der Waals surface area contributed by atoms with Gasteiger partial charge in [-0.15, -0.1) is 11.3 Å². The molecule has 91 heavy (non-hydrogen) atoms. The molecular weight excluding hydrogens is 1140 g/mol. The van der Waals surface area contributed by atoms with E-state index in [-0.39, 0.29) is 23.0 Å². The van der Waals surface area contributed by atoms with E-state index in [2.05, 4.69) is 313 Å². The summed E-state index contributed by atoms with van der Waals surface area (Å²) >= 11 is 3.78. The maximum atomic E-state index is 6.79. The molecule has 0 atom stereocenters. The van der Waals surface area contributed by atoms with Crippen LogP contribution in [0, 0.1) is 0 Å². The lowest BCUT2D eigenvalue weighted by Gasteiger charge is -2.41. The van der Waals surface area contributed by atoms with Crippen LogP contribution in [0.25, 0.3) is 119 Å². The van der Waals surface area contributed by atoms with E-state index in [1.54, 1.807) is 0 Å². The quantitative estimate of drug-likeness (QED) is 0.161. The van der Waals surface area contributed by atoms with Crippen LogP contribution in [0.3, 0.4) is 0 Å². The van der Waals surface area contributed by atoms with Gasteiger partial charge < -0.3 is 18.5 Å². The van der Waals surface area contributed by atoms with Gasteiger partial charge in [-0.3, -0.25) is 0 Å². The van der Waals surface area contributed by atoms with Gasteiger partial charge in [-0.1, -0.05) is 201 Å². The molecule has 6 heterocycles. The summed E-state index contributed by atoms with van der Waals surface area (Å²) in [4.78, 5) is 5.17. The number of benzene rings is 12. The van der Waals surface area contributed by atoms with E-state index in [1.807, 2.05) is 23.1 Å². The Morgan fingerprint density at radius 3 is 1.62 bits per heavy atom. The van der Waals surface area contributed by atoms with Gasteiger partial charge in [-0.25, -0.2) is 0 Å². The van der Waals surface area contributed by atoms with Gasteiger partial charge in [0.25, 0.3) is 0 Å². The normalized spacial score (nSPS) is 13.5. The predicted octanol–water partition coefficient (Wildman–Crippen LogP) is 22.1. The smallest absolute Gasteiger partial charge is 0.249 e. The number of hydrogen-bond acceptors (Lipinski definition) is 4. The maximum Gasteiger partial charge on any atom is 0.249 e. The van der Waals surface area contributed by atoms with Crippen LogP contribution in [-0.2, 0) is 16.2 Å². The molecule has 0 radical (unpaired) electrons. The second-order valence-corrected chi connectivity index (χ2v) is 30.7. The second-order valence-electron chi connectivity index (χ2n) is 28.5. The van der Waals surface area contributed by atoms with E-state index in [1.165, 1.54) is 135 Å². The minimum absolute atomic E-state index is 0.0249. The molecule has 2 aliphatic rings. The number of aromatic nitrogens is 2. The lowest BCUT2D eigenvalue weighted by molar-refractivity contribution is 0.590. The Labute approximate surface area is 539 Å². The van der Waals surface area contributed by atoms with Crippen molar-refractivity contribution < 1.29 is 4.42 Å². The van der Waals surface area contributed by atoms with Crippen molar-refractivity contribution in [2.75, 3.05) is 4.90 Å². The molecule has 0 amide bonds. The van der Waals surface area contributed by atoms with Gasteiger partial charge in [0, 0.05) is 90.6 Å². The molecule has 16 aromatic rings. The summed E-state index contributed by atoms with van der Waals surface area (Å²) < 4.78 is 14.4. The number of furan rings is 1. The van der Waals surface area contributed by atoms with Gasteiger partial charge in [-0.05, 0) is 176 Å². The third kappa shape index (κ3) is 8.29. The summed E-state index contributed by atoms with van der Waals surface area (Å²) in [5, 5.41) is 9.91. The monoisotopic (exact) mass is 1210 g/mol. The van der Waals surface area contributed by atoms with Gasteiger partial charge in [0.2, 0.25) is 6.71 Å². The first-order valence-electron chi connectivity index (χ1n) is 32.0. The van der Waals surface area contributed by atoms with Crippen LogP contribution in [-0.4, -0.2) is 15.8 Å². The molecule has 7 heteroatoms. The summed E-state index contributed by atoms with van der Waals surface area (Å²) in [6.45, 7) is 20.9.